The van der Waals surface area contributed by atoms with Crippen molar-refractivity contribution >= 4 is 5.91 Å². The van der Waals surface area contributed by atoms with E-state index in [1.165, 1.54) is 19.1 Å². The first-order valence-electron chi connectivity index (χ1n) is 6.95. The van der Waals surface area contributed by atoms with Crippen molar-refractivity contribution in [1.29, 1.82) is 0 Å². The topological polar surface area (TPSA) is 67.8 Å². The standard InChI is InChI=1S/C15H20FNO4/c1-10(21-13-6-4-3-5-12(13)16)14(18)17-9-15(19)7-8-20-11(15)2/h3-6,10-11,19H,7-9H2,1-2H3,(H,17,18). The van der Waals surface area contributed by atoms with E-state index >= 15 is 0 Å². The zero-order chi connectivity index (χ0) is 15.5. The van der Waals surface area contributed by atoms with Crippen LogP contribution in [0.1, 0.15) is 20.3 Å². The van der Waals surface area contributed by atoms with Gasteiger partial charge in [0.05, 0.1) is 6.10 Å². The fraction of sp³-hybridized carbons (Fsp3) is 0.533. The van der Waals surface area contributed by atoms with E-state index in [0.717, 1.165) is 0 Å². The monoisotopic (exact) mass is 297 g/mol. The number of hydrogen-bond acceptors (Lipinski definition) is 4. The molecule has 6 heteroatoms. The lowest BCUT2D eigenvalue weighted by atomic mass is 9.97. The fourth-order valence-corrected chi connectivity index (χ4v) is 2.17. The Kier molecular flexibility index (Phi) is 4.80. The molecular weight excluding hydrogens is 277 g/mol. The molecule has 1 fully saturated rings. The summed E-state index contributed by atoms with van der Waals surface area (Å²) in [5, 5.41) is 12.9. The minimum absolute atomic E-state index is 0.0245. The minimum Gasteiger partial charge on any atom is -0.478 e. The second-order valence-electron chi connectivity index (χ2n) is 5.27. The van der Waals surface area contributed by atoms with Gasteiger partial charge in [0.1, 0.15) is 5.60 Å². The van der Waals surface area contributed by atoms with Gasteiger partial charge in [-0.2, -0.15) is 0 Å². The highest BCUT2D eigenvalue weighted by Gasteiger charge is 2.40. The fourth-order valence-electron chi connectivity index (χ4n) is 2.17. The molecule has 0 aromatic heterocycles. The molecule has 1 heterocycles. The lowest BCUT2D eigenvalue weighted by molar-refractivity contribution is -0.129. The number of benzene rings is 1. The van der Waals surface area contributed by atoms with Crippen LogP contribution in [0.4, 0.5) is 4.39 Å². The minimum atomic E-state index is -1.06. The number of carbonyl (C=O) groups excluding carboxylic acids is 1. The van der Waals surface area contributed by atoms with Gasteiger partial charge in [0.25, 0.3) is 5.91 Å². The van der Waals surface area contributed by atoms with Crippen molar-refractivity contribution in [1.82, 2.24) is 5.32 Å². The van der Waals surface area contributed by atoms with Gasteiger partial charge in [0, 0.05) is 19.6 Å². The van der Waals surface area contributed by atoms with E-state index in [1.807, 2.05) is 0 Å². The Balaban J connectivity index is 1.87. The summed E-state index contributed by atoms with van der Waals surface area (Å²) in [6, 6.07) is 5.90. The number of amides is 1. The molecule has 1 amide bonds. The van der Waals surface area contributed by atoms with Crippen molar-refractivity contribution in [2.24, 2.45) is 0 Å². The van der Waals surface area contributed by atoms with E-state index in [2.05, 4.69) is 5.32 Å². The van der Waals surface area contributed by atoms with Gasteiger partial charge in [-0.3, -0.25) is 4.79 Å². The Morgan fingerprint density at radius 3 is 2.95 bits per heavy atom. The maximum Gasteiger partial charge on any atom is 0.260 e. The highest BCUT2D eigenvalue weighted by atomic mass is 19.1. The van der Waals surface area contributed by atoms with E-state index in [9.17, 15) is 14.3 Å². The first kappa shape index (κ1) is 15.7. The molecule has 21 heavy (non-hydrogen) atoms. The molecule has 1 saturated heterocycles. The maximum atomic E-state index is 13.4. The second-order valence-corrected chi connectivity index (χ2v) is 5.27. The smallest absolute Gasteiger partial charge is 0.260 e. The zero-order valence-corrected chi connectivity index (χ0v) is 12.1. The third-order valence-corrected chi connectivity index (χ3v) is 3.74. The van der Waals surface area contributed by atoms with Crippen LogP contribution in [-0.4, -0.2) is 42.0 Å². The van der Waals surface area contributed by atoms with Crippen molar-refractivity contribution in [3.63, 3.8) is 0 Å². The van der Waals surface area contributed by atoms with Gasteiger partial charge in [-0.15, -0.1) is 0 Å². The average Bonchev–Trinajstić information content (AvgIpc) is 2.79. The Bertz CT molecular complexity index is 510. The summed E-state index contributed by atoms with van der Waals surface area (Å²) in [6.45, 7) is 3.84. The molecule has 0 radical (unpaired) electrons. The molecule has 116 valence electrons. The lowest BCUT2D eigenvalue weighted by Crippen LogP contribution is -2.50. The van der Waals surface area contributed by atoms with Crippen LogP contribution in [0.2, 0.25) is 0 Å². The van der Waals surface area contributed by atoms with E-state index in [1.54, 1.807) is 19.1 Å². The van der Waals surface area contributed by atoms with Crippen LogP contribution in [0.3, 0.4) is 0 Å². The molecule has 1 aromatic rings. The number of nitrogens with one attached hydrogen (secondary N) is 1. The van der Waals surface area contributed by atoms with Crippen molar-refractivity contribution in [2.75, 3.05) is 13.2 Å². The zero-order valence-electron chi connectivity index (χ0n) is 12.1. The third-order valence-electron chi connectivity index (χ3n) is 3.74. The Labute approximate surface area is 123 Å². The largest absolute Gasteiger partial charge is 0.478 e. The second kappa shape index (κ2) is 6.41. The van der Waals surface area contributed by atoms with Gasteiger partial charge in [0.2, 0.25) is 0 Å². The molecule has 2 N–H and O–H groups in total. The predicted octanol–water partition coefficient (Wildman–Crippen LogP) is 1.25. The molecule has 0 bridgehead atoms. The van der Waals surface area contributed by atoms with Crippen LogP contribution in [0.5, 0.6) is 5.75 Å². The Morgan fingerprint density at radius 1 is 1.62 bits per heavy atom. The molecule has 1 aromatic carbocycles. The van der Waals surface area contributed by atoms with Gasteiger partial charge in [0.15, 0.2) is 17.7 Å². The van der Waals surface area contributed by atoms with Crippen LogP contribution in [0.15, 0.2) is 24.3 Å². The highest BCUT2D eigenvalue weighted by Crippen LogP contribution is 2.24. The van der Waals surface area contributed by atoms with Crippen LogP contribution in [0.25, 0.3) is 0 Å². The number of hydrogen-bond donors (Lipinski definition) is 2. The van der Waals surface area contributed by atoms with E-state index in [0.29, 0.717) is 13.0 Å². The van der Waals surface area contributed by atoms with Crippen LogP contribution in [0, 0.1) is 5.82 Å². The van der Waals surface area contributed by atoms with Gasteiger partial charge in [-0.05, 0) is 26.0 Å². The summed E-state index contributed by atoms with van der Waals surface area (Å²) in [4.78, 5) is 12.0. The number of carbonyl (C=O) groups is 1. The normalized spacial score (nSPS) is 26.4. The summed E-state index contributed by atoms with van der Waals surface area (Å²) < 4.78 is 24.0. The molecule has 1 aliphatic heterocycles. The lowest BCUT2D eigenvalue weighted by Gasteiger charge is -2.27. The first-order valence-corrected chi connectivity index (χ1v) is 6.95. The van der Waals surface area contributed by atoms with Gasteiger partial charge >= 0.3 is 0 Å². The highest BCUT2D eigenvalue weighted by molar-refractivity contribution is 5.80. The van der Waals surface area contributed by atoms with Gasteiger partial charge in [-0.1, -0.05) is 12.1 Å². The van der Waals surface area contributed by atoms with E-state index in [4.69, 9.17) is 9.47 Å². The number of aliphatic hydroxyl groups is 1. The van der Waals surface area contributed by atoms with Crippen LogP contribution >= 0.6 is 0 Å². The number of rotatable bonds is 5. The summed E-state index contributed by atoms with van der Waals surface area (Å²) in [5.74, 6) is -0.907. The molecule has 0 saturated carbocycles. The summed E-state index contributed by atoms with van der Waals surface area (Å²) in [7, 11) is 0. The molecule has 0 spiro atoms. The predicted molar refractivity (Wildman–Crippen MR) is 74.5 cm³/mol. The van der Waals surface area contributed by atoms with E-state index in [-0.39, 0.29) is 18.4 Å². The number of halogens is 1. The number of para-hydroxylation sites is 1. The molecule has 2 rings (SSSR count). The quantitative estimate of drug-likeness (QED) is 0.858. The first-order chi connectivity index (χ1) is 9.92. The molecular formula is C15H20FNO4. The molecule has 1 aliphatic rings. The third kappa shape index (κ3) is 3.71. The molecule has 5 nitrogen and oxygen atoms in total. The van der Waals surface area contributed by atoms with Crippen LogP contribution < -0.4 is 10.1 Å². The Morgan fingerprint density at radius 2 is 2.33 bits per heavy atom. The molecule has 3 unspecified atom stereocenters. The van der Waals surface area contributed by atoms with Gasteiger partial charge in [-0.25, -0.2) is 4.39 Å². The summed E-state index contributed by atoms with van der Waals surface area (Å²) >= 11 is 0. The Hall–Kier alpha value is -1.66. The average molecular weight is 297 g/mol. The molecule has 3 atom stereocenters. The van der Waals surface area contributed by atoms with Crippen molar-refractivity contribution < 1.29 is 23.8 Å². The van der Waals surface area contributed by atoms with Crippen LogP contribution in [-0.2, 0) is 9.53 Å². The summed E-state index contributed by atoms with van der Waals surface area (Å²) in [5.41, 5.74) is -1.06. The van der Waals surface area contributed by atoms with Gasteiger partial charge < -0.3 is 19.9 Å². The number of ether oxygens (including phenoxy) is 2. The van der Waals surface area contributed by atoms with Crippen molar-refractivity contribution in [2.45, 2.75) is 38.1 Å². The van der Waals surface area contributed by atoms with E-state index < -0.39 is 23.4 Å². The molecule has 0 aliphatic carbocycles. The SMILES string of the molecule is CC(Oc1ccccc1F)C(=O)NCC1(O)CCOC1C. The van der Waals surface area contributed by atoms with Crippen molar-refractivity contribution in [3.8, 4) is 5.75 Å². The maximum absolute atomic E-state index is 13.4. The summed E-state index contributed by atoms with van der Waals surface area (Å²) in [6.07, 6.45) is -0.722. The van der Waals surface area contributed by atoms with Crippen molar-refractivity contribution in [3.05, 3.63) is 30.1 Å².